The van der Waals surface area contributed by atoms with Crippen LogP contribution in [0.3, 0.4) is 0 Å². The van der Waals surface area contributed by atoms with Crippen LogP contribution in [0.4, 0.5) is 0 Å². The number of nitrogens with zero attached hydrogens (tertiary/aromatic N) is 3. The van der Waals surface area contributed by atoms with Crippen LogP contribution in [-0.4, -0.2) is 68.6 Å². The van der Waals surface area contributed by atoms with Gasteiger partial charge in [-0.1, -0.05) is 36.2 Å². The zero-order valence-electron chi connectivity index (χ0n) is 14.5. The molecule has 24 heavy (non-hydrogen) atoms. The Kier molecular flexibility index (Phi) is 8.12. The summed E-state index contributed by atoms with van der Waals surface area (Å²) in [7, 11) is 1.78. The van der Waals surface area contributed by atoms with Gasteiger partial charge in [-0.15, -0.1) is 0 Å². The number of likely N-dealkylation sites (N-methyl/N-ethyl adjacent to an activating group) is 1. The number of hydrogen-bond donors (Lipinski definition) is 2. The van der Waals surface area contributed by atoms with Crippen LogP contribution in [0.1, 0.15) is 12.5 Å². The van der Waals surface area contributed by atoms with Crippen molar-refractivity contribution < 1.29 is 0 Å². The topological polar surface area (TPSA) is 42.9 Å². The van der Waals surface area contributed by atoms with E-state index in [1.165, 1.54) is 13.1 Å². The first-order valence-electron chi connectivity index (χ1n) is 8.45. The molecule has 2 N–H and O–H groups in total. The van der Waals surface area contributed by atoms with E-state index in [9.17, 15) is 0 Å². The number of piperazine rings is 1. The molecule has 2 rings (SSSR count). The number of nitrogens with one attached hydrogen (secondary N) is 2. The molecule has 1 heterocycles. The predicted molar refractivity (Wildman–Crippen MR) is 103 cm³/mol. The zero-order chi connectivity index (χ0) is 17.4. The van der Waals surface area contributed by atoms with E-state index in [1.54, 1.807) is 13.1 Å². The van der Waals surface area contributed by atoms with Gasteiger partial charge in [-0.3, -0.25) is 9.89 Å². The summed E-state index contributed by atoms with van der Waals surface area (Å²) in [5, 5.41) is 7.96. The van der Waals surface area contributed by atoms with Crippen molar-refractivity contribution in [2.75, 3.05) is 52.9 Å². The smallest absolute Gasteiger partial charge is 0.191 e. The minimum absolute atomic E-state index is 0.616. The van der Waals surface area contributed by atoms with Crippen LogP contribution in [0.5, 0.6) is 0 Å². The molecule has 0 atom stereocenters. The summed E-state index contributed by atoms with van der Waals surface area (Å²) in [5.74, 6) is 0.785. The second-order valence-corrected chi connectivity index (χ2v) is 6.71. The van der Waals surface area contributed by atoms with Gasteiger partial charge in [0.05, 0.1) is 0 Å². The molecule has 0 aliphatic carbocycles. The van der Waals surface area contributed by atoms with Gasteiger partial charge in [0.25, 0.3) is 0 Å². The average Bonchev–Trinajstić information content (AvgIpc) is 2.59. The molecule has 5 nitrogen and oxygen atoms in total. The number of aliphatic imine (C=N–C) groups is 1. The minimum Gasteiger partial charge on any atom is -0.355 e. The number of benzene rings is 1. The fourth-order valence-electron chi connectivity index (χ4n) is 2.73. The van der Waals surface area contributed by atoms with E-state index in [4.69, 9.17) is 23.2 Å². The fourth-order valence-corrected chi connectivity index (χ4v) is 3.20. The highest BCUT2D eigenvalue weighted by molar-refractivity contribution is 6.35. The molecule has 1 aromatic rings. The van der Waals surface area contributed by atoms with Crippen molar-refractivity contribution in [3.05, 3.63) is 33.8 Å². The predicted octanol–water partition coefficient (Wildman–Crippen LogP) is 2.30. The summed E-state index contributed by atoms with van der Waals surface area (Å²) >= 11 is 12.1. The molecule has 0 radical (unpaired) electrons. The largest absolute Gasteiger partial charge is 0.355 e. The molecule has 0 aromatic heterocycles. The molecule has 0 saturated carbocycles. The number of guanidine groups is 1. The van der Waals surface area contributed by atoms with Crippen molar-refractivity contribution >= 4 is 29.2 Å². The summed E-state index contributed by atoms with van der Waals surface area (Å²) < 4.78 is 0. The third-order valence-electron chi connectivity index (χ3n) is 4.32. The molecule has 1 aliphatic heterocycles. The average molecular weight is 372 g/mol. The van der Waals surface area contributed by atoms with Crippen molar-refractivity contribution in [2.24, 2.45) is 4.99 Å². The Labute approximate surface area is 155 Å². The van der Waals surface area contributed by atoms with E-state index in [2.05, 4.69) is 32.3 Å². The molecule has 1 aliphatic rings. The van der Waals surface area contributed by atoms with Crippen LogP contribution in [0.25, 0.3) is 0 Å². The highest BCUT2D eigenvalue weighted by atomic mass is 35.5. The number of halogens is 2. The Hall–Kier alpha value is -1.01. The van der Waals surface area contributed by atoms with E-state index in [0.717, 1.165) is 44.2 Å². The van der Waals surface area contributed by atoms with E-state index in [1.807, 2.05) is 12.1 Å². The molecular weight excluding hydrogens is 345 g/mol. The van der Waals surface area contributed by atoms with Crippen LogP contribution < -0.4 is 10.6 Å². The van der Waals surface area contributed by atoms with Gasteiger partial charge in [0.2, 0.25) is 0 Å². The van der Waals surface area contributed by atoms with Gasteiger partial charge in [0.15, 0.2) is 5.96 Å². The summed E-state index contributed by atoms with van der Waals surface area (Å²) in [5.41, 5.74) is 1.000. The third kappa shape index (κ3) is 6.13. The molecule has 1 fully saturated rings. The quantitative estimate of drug-likeness (QED) is 0.594. The molecule has 1 saturated heterocycles. The lowest BCUT2D eigenvalue weighted by Gasteiger charge is -2.34. The maximum atomic E-state index is 6.19. The van der Waals surface area contributed by atoms with Crippen LogP contribution in [0.2, 0.25) is 10.0 Å². The van der Waals surface area contributed by atoms with Gasteiger partial charge in [0.1, 0.15) is 0 Å². The molecular formula is C17H27Cl2N5. The highest BCUT2D eigenvalue weighted by Crippen LogP contribution is 2.20. The molecule has 0 unspecified atom stereocenters. The van der Waals surface area contributed by atoms with Crippen LogP contribution in [0, 0.1) is 0 Å². The van der Waals surface area contributed by atoms with Crippen molar-refractivity contribution in [1.29, 1.82) is 0 Å². The second-order valence-electron chi connectivity index (χ2n) is 5.86. The van der Waals surface area contributed by atoms with Gasteiger partial charge >= 0.3 is 0 Å². The summed E-state index contributed by atoms with van der Waals surface area (Å²) in [6.07, 6.45) is 0. The van der Waals surface area contributed by atoms with Gasteiger partial charge in [-0.25, -0.2) is 0 Å². The van der Waals surface area contributed by atoms with Gasteiger partial charge in [-0.2, -0.15) is 0 Å². The molecule has 0 bridgehead atoms. The van der Waals surface area contributed by atoms with E-state index in [-0.39, 0.29) is 0 Å². The van der Waals surface area contributed by atoms with E-state index in [0.29, 0.717) is 16.6 Å². The molecule has 7 heteroatoms. The van der Waals surface area contributed by atoms with E-state index < -0.39 is 0 Å². The SMILES string of the molecule is CCN1CCN(CCNC(=NC)NCc2ccc(Cl)cc2Cl)CC1. The minimum atomic E-state index is 0.616. The van der Waals surface area contributed by atoms with Crippen molar-refractivity contribution in [2.45, 2.75) is 13.5 Å². The Balaban J connectivity index is 1.69. The zero-order valence-corrected chi connectivity index (χ0v) is 16.0. The second kappa shape index (κ2) is 10.1. The van der Waals surface area contributed by atoms with Crippen LogP contribution >= 0.6 is 23.2 Å². The monoisotopic (exact) mass is 371 g/mol. The van der Waals surface area contributed by atoms with Crippen molar-refractivity contribution in [1.82, 2.24) is 20.4 Å². The lowest BCUT2D eigenvalue weighted by molar-refractivity contribution is 0.139. The normalized spacial score (nSPS) is 17.1. The Morgan fingerprint density at radius 3 is 2.46 bits per heavy atom. The first-order valence-corrected chi connectivity index (χ1v) is 9.21. The first-order chi connectivity index (χ1) is 11.6. The van der Waals surface area contributed by atoms with Crippen molar-refractivity contribution in [3.63, 3.8) is 0 Å². The molecule has 0 spiro atoms. The maximum Gasteiger partial charge on any atom is 0.191 e. The summed E-state index contributed by atoms with van der Waals surface area (Å²) in [4.78, 5) is 9.23. The number of hydrogen-bond acceptors (Lipinski definition) is 3. The Bertz CT molecular complexity index is 542. The lowest BCUT2D eigenvalue weighted by atomic mass is 10.2. The molecule has 1 aromatic carbocycles. The van der Waals surface area contributed by atoms with Crippen LogP contribution in [-0.2, 0) is 6.54 Å². The first kappa shape index (κ1) is 19.3. The maximum absolute atomic E-state index is 6.19. The summed E-state index contributed by atoms with van der Waals surface area (Å²) in [6.45, 7) is 10.5. The van der Waals surface area contributed by atoms with Crippen LogP contribution in [0.15, 0.2) is 23.2 Å². The molecule has 134 valence electrons. The lowest BCUT2D eigenvalue weighted by Crippen LogP contribution is -2.49. The number of rotatable bonds is 6. The Morgan fingerprint density at radius 2 is 1.83 bits per heavy atom. The van der Waals surface area contributed by atoms with Gasteiger partial charge < -0.3 is 15.5 Å². The van der Waals surface area contributed by atoms with E-state index >= 15 is 0 Å². The molecule has 0 amide bonds. The Morgan fingerprint density at radius 1 is 1.12 bits per heavy atom. The van der Waals surface area contributed by atoms with Gasteiger partial charge in [0, 0.05) is 62.9 Å². The summed E-state index contributed by atoms with van der Waals surface area (Å²) in [6, 6.07) is 5.53. The standard InChI is InChI=1S/C17H27Cl2N5/c1-3-23-8-10-24(11-9-23)7-6-21-17(20-2)22-13-14-4-5-15(18)12-16(14)19/h4-5,12H,3,6-11,13H2,1-2H3,(H2,20,21,22). The van der Waals surface area contributed by atoms with Gasteiger partial charge in [-0.05, 0) is 24.2 Å². The third-order valence-corrected chi connectivity index (χ3v) is 4.90. The van der Waals surface area contributed by atoms with Crippen molar-refractivity contribution in [3.8, 4) is 0 Å². The highest BCUT2D eigenvalue weighted by Gasteiger charge is 2.14. The fraction of sp³-hybridized carbons (Fsp3) is 0.588.